The van der Waals surface area contributed by atoms with Crippen molar-refractivity contribution in [2.24, 2.45) is 0 Å². The molecule has 6 heteroatoms. The minimum atomic E-state index is -0.284. The van der Waals surface area contributed by atoms with Gasteiger partial charge in [0.15, 0.2) is 0 Å². The number of hydrogen-bond acceptors (Lipinski definition) is 6. The minimum Gasteiger partial charge on any atom is -0.462 e. The van der Waals surface area contributed by atoms with Crippen LogP contribution in [0.4, 0.5) is 11.6 Å². The number of hydrogen-bond donors (Lipinski definition) is 1. The molecule has 0 bridgehead atoms. The number of anilines is 2. The van der Waals surface area contributed by atoms with E-state index in [9.17, 15) is 4.79 Å². The number of nitrogens with zero attached hydrogens (tertiary/aromatic N) is 3. The SMILES string of the molecule is CCOC(=O)c1ccc(N2CCCC2Nc2ncccn2)cc1. The zero-order valence-electron chi connectivity index (χ0n) is 13.1. The molecule has 0 spiro atoms. The summed E-state index contributed by atoms with van der Waals surface area (Å²) in [7, 11) is 0. The first-order valence-electron chi connectivity index (χ1n) is 7.85. The monoisotopic (exact) mass is 312 g/mol. The van der Waals surface area contributed by atoms with Crippen molar-refractivity contribution in [1.29, 1.82) is 0 Å². The Kier molecular flexibility index (Phi) is 4.71. The van der Waals surface area contributed by atoms with Crippen LogP contribution in [0.1, 0.15) is 30.1 Å². The van der Waals surface area contributed by atoms with Crippen LogP contribution in [-0.4, -0.2) is 35.3 Å². The van der Waals surface area contributed by atoms with E-state index >= 15 is 0 Å². The van der Waals surface area contributed by atoms with E-state index in [-0.39, 0.29) is 12.1 Å². The molecule has 120 valence electrons. The Bertz CT molecular complexity index is 645. The van der Waals surface area contributed by atoms with Crippen molar-refractivity contribution in [1.82, 2.24) is 9.97 Å². The molecule has 2 heterocycles. The molecule has 1 N–H and O–H groups in total. The van der Waals surface area contributed by atoms with Crippen molar-refractivity contribution in [2.45, 2.75) is 25.9 Å². The lowest BCUT2D eigenvalue weighted by atomic mass is 10.2. The van der Waals surface area contributed by atoms with Gasteiger partial charge in [0.05, 0.1) is 12.2 Å². The zero-order chi connectivity index (χ0) is 16.1. The van der Waals surface area contributed by atoms with Gasteiger partial charge in [0.2, 0.25) is 5.95 Å². The number of aromatic nitrogens is 2. The lowest BCUT2D eigenvalue weighted by Crippen LogP contribution is -2.36. The number of rotatable bonds is 5. The number of esters is 1. The van der Waals surface area contributed by atoms with Crippen LogP contribution in [0.3, 0.4) is 0 Å². The van der Waals surface area contributed by atoms with E-state index in [2.05, 4.69) is 20.2 Å². The first-order chi connectivity index (χ1) is 11.3. The third-order valence-electron chi connectivity index (χ3n) is 3.82. The topological polar surface area (TPSA) is 67.3 Å². The molecular formula is C17H20N4O2. The van der Waals surface area contributed by atoms with E-state index in [0.29, 0.717) is 18.1 Å². The number of benzene rings is 1. The lowest BCUT2D eigenvalue weighted by molar-refractivity contribution is 0.0526. The quantitative estimate of drug-likeness (QED) is 0.856. The van der Waals surface area contributed by atoms with Crippen LogP contribution in [0.15, 0.2) is 42.7 Å². The Morgan fingerprint density at radius 2 is 2.04 bits per heavy atom. The number of carbonyl (C=O) groups is 1. The van der Waals surface area contributed by atoms with E-state index < -0.39 is 0 Å². The van der Waals surface area contributed by atoms with Crippen LogP contribution in [0.2, 0.25) is 0 Å². The number of ether oxygens (including phenoxy) is 1. The summed E-state index contributed by atoms with van der Waals surface area (Å²) in [5, 5.41) is 3.36. The summed E-state index contributed by atoms with van der Waals surface area (Å²) >= 11 is 0. The molecule has 1 aromatic carbocycles. The average Bonchev–Trinajstić information content (AvgIpc) is 3.04. The van der Waals surface area contributed by atoms with Gasteiger partial charge in [-0.15, -0.1) is 0 Å². The summed E-state index contributed by atoms with van der Waals surface area (Å²) < 4.78 is 5.01. The molecule has 0 aliphatic carbocycles. The predicted octanol–water partition coefficient (Wildman–Crippen LogP) is 2.69. The molecule has 1 aliphatic rings. The number of carbonyl (C=O) groups excluding carboxylic acids is 1. The molecule has 0 radical (unpaired) electrons. The normalized spacial score (nSPS) is 17.1. The van der Waals surface area contributed by atoms with E-state index in [0.717, 1.165) is 25.1 Å². The largest absolute Gasteiger partial charge is 0.462 e. The molecule has 3 rings (SSSR count). The van der Waals surface area contributed by atoms with Crippen molar-refractivity contribution in [2.75, 3.05) is 23.4 Å². The Hall–Kier alpha value is -2.63. The maximum absolute atomic E-state index is 11.7. The van der Waals surface area contributed by atoms with Crippen LogP contribution < -0.4 is 10.2 Å². The lowest BCUT2D eigenvalue weighted by Gasteiger charge is -2.27. The van der Waals surface area contributed by atoms with E-state index in [1.807, 2.05) is 24.3 Å². The summed E-state index contributed by atoms with van der Waals surface area (Å²) in [6.45, 7) is 3.15. The van der Waals surface area contributed by atoms with E-state index in [1.54, 1.807) is 25.4 Å². The first kappa shape index (κ1) is 15.3. The van der Waals surface area contributed by atoms with Gasteiger partial charge < -0.3 is 15.0 Å². The molecule has 1 atom stereocenters. The average molecular weight is 312 g/mol. The fourth-order valence-corrected chi connectivity index (χ4v) is 2.75. The van der Waals surface area contributed by atoms with Gasteiger partial charge in [-0.2, -0.15) is 0 Å². The summed E-state index contributed by atoms with van der Waals surface area (Å²) in [5.74, 6) is 0.348. The molecule has 6 nitrogen and oxygen atoms in total. The van der Waals surface area contributed by atoms with Gasteiger partial charge in [-0.05, 0) is 50.1 Å². The molecule has 23 heavy (non-hydrogen) atoms. The van der Waals surface area contributed by atoms with Gasteiger partial charge in [-0.25, -0.2) is 14.8 Å². The van der Waals surface area contributed by atoms with Gasteiger partial charge >= 0.3 is 5.97 Å². The van der Waals surface area contributed by atoms with Crippen molar-refractivity contribution in [3.05, 3.63) is 48.3 Å². The summed E-state index contributed by atoms with van der Waals surface area (Å²) in [6, 6.07) is 9.32. The Balaban J connectivity index is 1.71. The van der Waals surface area contributed by atoms with Gasteiger partial charge in [0.1, 0.15) is 6.17 Å². The fraction of sp³-hybridized carbons (Fsp3) is 0.353. The highest BCUT2D eigenvalue weighted by Gasteiger charge is 2.25. The minimum absolute atomic E-state index is 0.158. The summed E-state index contributed by atoms with van der Waals surface area (Å²) in [5.41, 5.74) is 1.65. The third kappa shape index (κ3) is 3.59. The van der Waals surface area contributed by atoms with Crippen LogP contribution >= 0.6 is 0 Å². The molecule has 1 saturated heterocycles. The van der Waals surface area contributed by atoms with Gasteiger partial charge in [0.25, 0.3) is 0 Å². The Labute approximate surface area is 135 Å². The molecule has 0 saturated carbocycles. The van der Waals surface area contributed by atoms with Crippen LogP contribution in [-0.2, 0) is 4.74 Å². The second kappa shape index (κ2) is 7.09. The Morgan fingerprint density at radius 1 is 1.30 bits per heavy atom. The van der Waals surface area contributed by atoms with E-state index in [1.165, 1.54) is 0 Å². The summed E-state index contributed by atoms with van der Waals surface area (Å²) in [6.07, 6.45) is 5.74. The molecule has 1 unspecified atom stereocenters. The van der Waals surface area contributed by atoms with Gasteiger partial charge in [-0.1, -0.05) is 0 Å². The van der Waals surface area contributed by atoms with E-state index in [4.69, 9.17) is 4.74 Å². The van der Waals surface area contributed by atoms with Crippen molar-refractivity contribution < 1.29 is 9.53 Å². The Morgan fingerprint density at radius 3 is 2.74 bits per heavy atom. The summed E-state index contributed by atoms with van der Waals surface area (Å²) in [4.78, 5) is 22.4. The molecule has 0 amide bonds. The van der Waals surface area contributed by atoms with Crippen molar-refractivity contribution in [3.63, 3.8) is 0 Å². The van der Waals surface area contributed by atoms with Crippen LogP contribution in [0, 0.1) is 0 Å². The van der Waals surface area contributed by atoms with Crippen molar-refractivity contribution in [3.8, 4) is 0 Å². The highest BCUT2D eigenvalue weighted by Crippen LogP contribution is 2.26. The molecule has 1 aromatic heterocycles. The highest BCUT2D eigenvalue weighted by atomic mass is 16.5. The third-order valence-corrected chi connectivity index (χ3v) is 3.82. The number of nitrogens with one attached hydrogen (secondary N) is 1. The zero-order valence-corrected chi connectivity index (χ0v) is 13.1. The molecular weight excluding hydrogens is 292 g/mol. The maximum atomic E-state index is 11.7. The van der Waals surface area contributed by atoms with Crippen LogP contribution in [0.25, 0.3) is 0 Å². The van der Waals surface area contributed by atoms with Crippen molar-refractivity contribution >= 4 is 17.6 Å². The van der Waals surface area contributed by atoms with Gasteiger partial charge in [0, 0.05) is 24.6 Å². The smallest absolute Gasteiger partial charge is 0.338 e. The fourth-order valence-electron chi connectivity index (χ4n) is 2.75. The second-order valence-electron chi connectivity index (χ2n) is 5.34. The first-order valence-corrected chi connectivity index (χ1v) is 7.85. The molecule has 1 fully saturated rings. The standard InChI is InChI=1S/C17H20N4O2/c1-2-23-16(22)13-6-8-14(9-7-13)21-12-3-5-15(21)20-17-18-10-4-11-19-17/h4,6-11,15H,2-3,5,12H2,1H3,(H,18,19,20). The van der Waals surface area contributed by atoms with Gasteiger partial charge in [-0.3, -0.25) is 0 Å². The molecule has 1 aliphatic heterocycles. The molecule has 2 aromatic rings. The second-order valence-corrected chi connectivity index (χ2v) is 5.34. The predicted molar refractivity (Wildman–Crippen MR) is 88.4 cm³/mol. The van der Waals surface area contributed by atoms with Crippen LogP contribution in [0.5, 0.6) is 0 Å². The highest BCUT2D eigenvalue weighted by molar-refractivity contribution is 5.89. The maximum Gasteiger partial charge on any atom is 0.338 e.